The summed E-state index contributed by atoms with van der Waals surface area (Å²) in [6.07, 6.45) is 1.56. The molecule has 0 aliphatic carbocycles. The molecule has 2 N–H and O–H groups in total. The van der Waals surface area contributed by atoms with Crippen LogP contribution in [0.1, 0.15) is 21.7 Å². The Balaban J connectivity index is 1.86. The first-order valence-corrected chi connectivity index (χ1v) is 7.09. The number of amides is 2. The van der Waals surface area contributed by atoms with Crippen molar-refractivity contribution in [2.75, 3.05) is 5.75 Å². The lowest BCUT2D eigenvalue weighted by Crippen LogP contribution is -2.24. The maximum atomic E-state index is 11.9. The summed E-state index contributed by atoms with van der Waals surface area (Å²) in [5, 5.41) is 5.48. The van der Waals surface area contributed by atoms with E-state index in [2.05, 4.69) is 23.3 Å². The summed E-state index contributed by atoms with van der Waals surface area (Å²) in [4.78, 5) is 23.0. The molecule has 2 aromatic rings. The predicted octanol–water partition coefficient (Wildman–Crippen LogP) is 1.76. The molecule has 21 heavy (non-hydrogen) atoms. The van der Waals surface area contributed by atoms with Crippen LogP contribution >= 0.6 is 12.6 Å². The summed E-state index contributed by atoms with van der Waals surface area (Å²) in [5.41, 5.74) is 1.48. The minimum Gasteiger partial charge on any atom is -0.467 e. The molecular formula is C15H16N2O3S. The van der Waals surface area contributed by atoms with Crippen molar-refractivity contribution >= 4 is 24.4 Å². The van der Waals surface area contributed by atoms with Crippen LogP contribution in [-0.2, 0) is 17.9 Å². The maximum Gasteiger partial charge on any atom is 0.251 e. The fourth-order valence-electron chi connectivity index (χ4n) is 1.71. The first kappa shape index (κ1) is 15.2. The lowest BCUT2D eigenvalue weighted by molar-refractivity contribution is -0.118. The standard InChI is InChI=1S/C15H16N2O3S/c18-14(10-21)16-8-11-3-5-12(6-4-11)15(19)17-9-13-2-1-7-20-13/h1-7,21H,8-10H2,(H,16,18)(H,17,19). The molecule has 1 heterocycles. The second-order valence-corrected chi connectivity index (χ2v) is 4.71. The molecule has 6 heteroatoms. The van der Waals surface area contributed by atoms with Crippen LogP contribution in [0.4, 0.5) is 0 Å². The van der Waals surface area contributed by atoms with Crippen molar-refractivity contribution in [2.24, 2.45) is 0 Å². The van der Waals surface area contributed by atoms with Gasteiger partial charge in [0.1, 0.15) is 5.76 Å². The van der Waals surface area contributed by atoms with Crippen LogP contribution in [0.25, 0.3) is 0 Å². The van der Waals surface area contributed by atoms with Crippen molar-refractivity contribution < 1.29 is 14.0 Å². The number of benzene rings is 1. The number of furan rings is 1. The highest BCUT2D eigenvalue weighted by Gasteiger charge is 2.06. The second-order valence-electron chi connectivity index (χ2n) is 4.39. The van der Waals surface area contributed by atoms with E-state index < -0.39 is 0 Å². The summed E-state index contributed by atoms with van der Waals surface area (Å²) in [7, 11) is 0. The summed E-state index contributed by atoms with van der Waals surface area (Å²) < 4.78 is 5.14. The van der Waals surface area contributed by atoms with Crippen LogP contribution in [0.2, 0.25) is 0 Å². The van der Waals surface area contributed by atoms with Gasteiger partial charge in [-0.3, -0.25) is 9.59 Å². The van der Waals surface area contributed by atoms with Gasteiger partial charge in [-0.1, -0.05) is 12.1 Å². The van der Waals surface area contributed by atoms with Crippen molar-refractivity contribution in [1.29, 1.82) is 0 Å². The van der Waals surface area contributed by atoms with Gasteiger partial charge < -0.3 is 15.1 Å². The first-order chi connectivity index (χ1) is 10.2. The molecule has 0 saturated heterocycles. The van der Waals surface area contributed by atoms with Crippen LogP contribution in [0.5, 0.6) is 0 Å². The van der Waals surface area contributed by atoms with Crippen molar-refractivity contribution in [3.05, 3.63) is 59.5 Å². The third-order valence-electron chi connectivity index (χ3n) is 2.85. The molecule has 0 radical (unpaired) electrons. The van der Waals surface area contributed by atoms with Gasteiger partial charge in [0.2, 0.25) is 5.91 Å². The quantitative estimate of drug-likeness (QED) is 0.712. The zero-order valence-corrected chi connectivity index (χ0v) is 12.2. The van der Waals surface area contributed by atoms with E-state index in [1.807, 2.05) is 0 Å². The van der Waals surface area contributed by atoms with Gasteiger partial charge in [-0.2, -0.15) is 12.6 Å². The Morgan fingerprint density at radius 2 is 1.81 bits per heavy atom. The fraction of sp³-hybridized carbons (Fsp3) is 0.200. The van der Waals surface area contributed by atoms with Crippen molar-refractivity contribution in [3.63, 3.8) is 0 Å². The lowest BCUT2D eigenvalue weighted by Gasteiger charge is -2.06. The average Bonchev–Trinajstić information content (AvgIpc) is 3.04. The zero-order chi connectivity index (χ0) is 15.1. The largest absolute Gasteiger partial charge is 0.467 e. The van der Waals surface area contributed by atoms with E-state index in [4.69, 9.17) is 4.42 Å². The molecule has 0 aliphatic heterocycles. The molecule has 0 unspecified atom stereocenters. The number of carbonyl (C=O) groups is 2. The Morgan fingerprint density at radius 3 is 2.43 bits per heavy atom. The Morgan fingerprint density at radius 1 is 1.05 bits per heavy atom. The summed E-state index contributed by atoms with van der Waals surface area (Å²) in [5.74, 6) is 0.568. The van der Waals surface area contributed by atoms with Gasteiger partial charge in [-0.15, -0.1) is 0 Å². The number of rotatable bonds is 6. The van der Waals surface area contributed by atoms with Crippen molar-refractivity contribution in [3.8, 4) is 0 Å². The summed E-state index contributed by atoms with van der Waals surface area (Å²) in [6.45, 7) is 0.777. The van der Waals surface area contributed by atoms with Gasteiger partial charge in [0, 0.05) is 12.1 Å². The van der Waals surface area contributed by atoms with Gasteiger partial charge in [0.25, 0.3) is 5.91 Å². The molecule has 0 fully saturated rings. The maximum absolute atomic E-state index is 11.9. The van der Waals surface area contributed by atoms with Gasteiger partial charge in [0.15, 0.2) is 0 Å². The van der Waals surface area contributed by atoms with Crippen LogP contribution in [-0.4, -0.2) is 17.6 Å². The van der Waals surface area contributed by atoms with Crippen LogP contribution in [0.15, 0.2) is 47.1 Å². The molecule has 1 aromatic heterocycles. The van der Waals surface area contributed by atoms with Crippen molar-refractivity contribution in [1.82, 2.24) is 10.6 Å². The molecule has 2 amide bonds. The molecule has 0 spiro atoms. The highest BCUT2D eigenvalue weighted by molar-refractivity contribution is 7.81. The Labute approximate surface area is 128 Å². The van der Waals surface area contributed by atoms with E-state index in [0.29, 0.717) is 24.4 Å². The monoisotopic (exact) mass is 304 g/mol. The third kappa shape index (κ3) is 4.68. The number of carbonyl (C=O) groups excluding carboxylic acids is 2. The minimum atomic E-state index is -0.169. The molecular weight excluding hydrogens is 288 g/mol. The molecule has 2 rings (SSSR count). The Kier molecular flexibility index (Phi) is 5.45. The van der Waals surface area contributed by atoms with E-state index in [-0.39, 0.29) is 17.6 Å². The van der Waals surface area contributed by atoms with Crippen LogP contribution in [0, 0.1) is 0 Å². The number of nitrogens with one attached hydrogen (secondary N) is 2. The topological polar surface area (TPSA) is 71.3 Å². The average molecular weight is 304 g/mol. The highest BCUT2D eigenvalue weighted by atomic mass is 32.1. The van der Waals surface area contributed by atoms with Crippen molar-refractivity contribution in [2.45, 2.75) is 13.1 Å². The Bertz CT molecular complexity index is 594. The molecule has 0 aliphatic rings. The predicted molar refractivity (Wildman–Crippen MR) is 82.0 cm³/mol. The molecule has 1 aromatic carbocycles. The molecule has 110 valence electrons. The molecule has 0 atom stereocenters. The van der Waals surface area contributed by atoms with E-state index in [0.717, 1.165) is 5.56 Å². The molecule has 5 nitrogen and oxygen atoms in total. The number of hydrogen-bond acceptors (Lipinski definition) is 4. The Hall–Kier alpha value is -2.21. The highest BCUT2D eigenvalue weighted by Crippen LogP contribution is 2.05. The van der Waals surface area contributed by atoms with Gasteiger partial charge in [-0.05, 0) is 29.8 Å². The van der Waals surface area contributed by atoms with Gasteiger partial charge in [0.05, 0.1) is 18.6 Å². The summed E-state index contributed by atoms with van der Waals surface area (Å²) >= 11 is 3.88. The zero-order valence-electron chi connectivity index (χ0n) is 11.3. The first-order valence-electron chi connectivity index (χ1n) is 6.46. The van der Waals surface area contributed by atoms with Crippen LogP contribution in [0.3, 0.4) is 0 Å². The lowest BCUT2D eigenvalue weighted by atomic mass is 10.1. The van der Waals surface area contributed by atoms with Gasteiger partial charge in [-0.25, -0.2) is 0 Å². The smallest absolute Gasteiger partial charge is 0.251 e. The van der Waals surface area contributed by atoms with E-state index >= 15 is 0 Å². The third-order valence-corrected chi connectivity index (χ3v) is 3.14. The van der Waals surface area contributed by atoms with Gasteiger partial charge >= 0.3 is 0 Å². The van der Waals surface area contributed by atoms with E-state index in [1.54, 1.807) is 42.7 Å². The second kappa shape index (κ2) is 7.54. The minimum absolute atomic E-state index is 0.126. The van der Waals surface area contributed by atoms with Crippen LogP contribution < -0.4 is 10.6 Å². The number of hydrogen-bond donors (Lipinski definition) is 3. The fourth-order valence-corrected chi connectivity index (χ4v) is 1.82. The molecule has 0 saturated carbocycles. The molecule has 0 bridgehead atoms. The summed E-state index contributed by atoms with van der Waals surface area (Å²) in [6, 6.07) is 10.6. The van der Waals surface area contributed by atoms with E-state index in [9.17, 15) is 9.59 Å². The number of thiol groups is 1. The van der Waals surface area contributed by atoms with E-state index in [1.165, 1.54) is 0 Å². The SMILES string of the molecule is O=C(CS)NCc1ccc(C(=O)NCc2ccco2)cc1. The normalized spacial score (nSPS) is 10.1.